The summed E-state index contributed by atoms with van der Waals surface area (Å²) in [7, 11) is 3.66. The summed E-state index contributed by atoms with van der Waals surface area (Å²) in [6.07, 6.45) is -0.536. The Hall–Kier alpha value is -0.770. The molecule has 1 aromatic rings. The van der Waals surface area contributed by atoms with Crippen molar-refractivity contribution >= 4 is 17.3 Å². The number of methoxy groups -OCH3 is 1. The first-order valence-electron chi connectivity index (χ1n) is 5.24. The van der Waals surface area contributed by atoms with Crippen molar-refractivity contribution in [1.29, 1.82) is 0 Å². The summed E-state index contributed by atoms with van der Waals surface area (Å²) in [6, 6.07) is 5.66. The van der Waals surface area contributed by atoms with Gasteiger partial charge in [-0.2, -0.15) is 0 Å². The molecule has 90 valence electrons. The fourth-order valence-corrected chi connectivity index (χ4v) is 1.78. The summed E-state index contributed by atoms with van der Waals surface area (Å²) in [6.45, 7) is 3.18. The van der Waals surface area contributed by atoms with Crippen LogP contribution >= 0.6 is 11.6 Å². The van der Waals surface area contributed by atoms with Gasteiger partial charge in [-0.3, -0.25) is 0 Å². The molecule has 1 rings (SSSR count). The summed E-state index contributed by atoms with van der Waals surface area (Å²) in [5, 5.41) is 10.1. The highest BCUT2D eigenvalue weighted by molar-refractivity contribution is 6.31. The maximum atomic E-state index is 9.46. The van der Waals surface area contributed by atoms with E-state index in [1.54, 1.807) is 14.0 Å². The Morgan fingerprint density at radius 2 is 2.19 bits per heavy atom. The fraction of sp³-hybridized carbons (Fsp3) is 0.500. The lowest BCUT2D eigenvalue weighted by Gasteiger charge is -2.20. The zero-order valence-corrected chi connectivity index (χ0v) is 10.7. The second kappa shape index (κ2) is 6.09. The molecule has 0 aliphatic heterocycles. The van der Waals surface area contributed by atoms with E-state index in [9.17, 15) is 5.11 Å². The van der Waals surface area contributed by atoms with Crippen molar-refractivity contribution in [2.45, 2.75) is 13.0 Å². The molecule has 4 heteroatoms. The zero-order valence-electron chi connectivity index (χ0n) is 9.90. The van der Waals surface area contributed by atoms with Crippen molar-refractivity contribution in [3.63, 3.8) is 0 Å². The Bertz CT molecular complexity index is 342. The van der Waals surface area contributed by atoms with Gasteiger partial charge in [0.25, 0.3) is 0 Å². The van der Waals surface area contributed by atoms with Gasteiger partial charge < -0.3 is 14.7 Å². The number of nitrogens with zero attached hydrogens (tertiary/aromatic N) is 1. The predicted molar refractivity (Wildman–Crippen MR) is 67.2 cm³/mol. The lowest BCUT2D eigenvalue weighted by molar-refractivity contribution is 0.199. The van der Waals surface area contributed by atoms with Crippen LogP contribution in [0.1, 0.15) is 18.6 Å². The Balaban J connectivity index is 2.80. The molecule has 0 aliphatic carbocycles. The largest absolute Gasteiger partial charge is 0.389 e. The second-order valence-electron chi connectivity index (χ2n) is 3.80. The molecule has 0 fully saturated rings. The molecule has 0 saturated heterocycles. The fourth-order valence-electron chi connectivity index (χ4n) is 1.45. The number of ether oxygens (including phenoxy) is 1. The number of likely N-dealkylation sites (N-methyl/N-ethyl adjacent to an activating group) is 1. The van der Waals surface area contributed by atoms with Gasteiger partial charge in [0.05, 0.1) is 12.7 Å². The first kappa shape index (κ1) is 13.3. The SMILES string of the molecule is COCCN(C)c1ccc(C(C)O)c(Cl)c1. The van der Waals surface area contributed by atoms with Gasteiger partial charge in [-0.1, -0.05) is 17.7 Å². The number of halogens is 1. The molecule has 0 saturated carbocycles. The summed E-state index contributed by atoms with van der Waals surface area (Å²) < 4.78 is 5.01. The maximum absolute atomic E-state index is 9.46. The van der Waals surface area contributed by atoms with Gasteiger partial charge in [-0.25, -0.2) is 0 Å². The summed E-state index contributed by atoms with van der Waals surface area (Å²) >= 11 is 6.08. The number of benzene rings is 1. The van der Waals surface area contributed by atoms with Crippen molar-refractivity contribution in [2.75, 3.05) is 32.2 Å². The highest BCUT2D eigenvalue weighted by atomic mass is 35.5. The highest BCUT2D eigenvalue weighted by Gasteiger charge is 2.08. The first-order valence-corrected chi connectivity index (χ1v) is 5.61. The second-order valence-corrected chi connectivity index (χ2v) is 4.20. The Labute approximate surface area is 102 Å². The topological polar surface area (TPSA) is 32.7 Å². The van der Waals surface area contributed by atoms with E-state index in [0.29, 0.717) is 11.6 Å². The standard InChI is InChI=1S/C12H18ClNO2/c1-9(15)11-5-4-10(8-12(11)13)14(2)6-7-16-3/h4-5,8-9,15H,6-7H2,1-3H3. The van der Waals surface area contributed by atoms with Crippen LogP contribution in [0.4, 0.5) is 5.69 Å². The van der Waals surface area contributed by atoms with Crippen LogP contribution in [0.2, 0.25) is 5.02 Å². The van der Waals surface area contributed by atoms with Gasteiger partial charge in [0.2, 0.25) is 0 Å². The van der Waals surface area contributed by atoms with Crippen LogP contribution < -0.4 is 4.90 Å². The van der Waals surface area contributed by atoms with E-state index >= 15 is 0 Å². The van der Waals surface area contributed by atoms with Gasteiger partial charge in [-0.15, -0.1) is 0 Å². The monoisotopic (exact) mass is 243 g/mol. The summed E-state index contributed by atoms with van der Waals surface area (Å²) in [4.78, 5) is 2.06. The molecule has 16 heavy (non-hydrogen) atoms. The quantitative estimate of drug-likeness (QED) is 0.863. The smallest absolute Gasteiger partial charge is 0.0776 e. The minimum absolute atomic E-state index is 0.536. The van der Waals surface area contributed by atoms with Crippen LogP contribution in [0.5, 0.6) is 0 Å². The molecule has 0 amide bonds. The molecule has 0 heterocycles. The molecule has 0 aliphatic rings. The third-order valence-corrected chi connectivity index (χ3v) is 2.83. The average molecular weight is 244 g/mol. The van der Waals surface area contributed by atoms with Gasteiger partial charge >= 0.3 is 0 Å². The van der Waals surface area contributed by atoms with E-state index in [0.717, 1.165) is 17.8 Å². The number of hydrogen-bond donors (Lipinski definition) is 1. The van der Waals surface area contributed by atoms with E-state index in [1.807, 2.05) is 25.2 Å². The van der Waals surface area contributed by atoms with Crippen molar-refractivity contribution < 1.29 is 9.84 Å². The number of rotatable bonds is 5. The predicted octanol–water partition coefficient (Wildman–Crippen LogP) is 2.48. The number of aliphatic hydroxyl groups excluding tert-OH is 1. The third-order valence-electron chi connectivity index (χ3n) is 2.51. The minimum Gasteiger partial charge on any atom is -0.389 e. The van der Waals surface area contributed by atoms with Crippen molar-refractivity contribution in [2.24, 2.45) is 0 Å². The van der Waals surface area contributed by atoms with Crippen LogP contribution in [0.15, 0.2) is 18.2 Å². The maximum Gasteiger partial charge on any atom is 0.0776 e. The molecule has 0 radical (unpaired) electrons. The van der Waals surface area contributed by atoms with E-state index in [-0.39, 0.29) is 0 Å². The lowest BCUT2D eigenvalue weighted by atomic mass is 10.1. The summed E-state index contributed by atoms with van der Waals surface area (Å²) in [5.74, 6) is 0. The van der Waals surface area contributed by atoms with E-state index in [4.69, 9.17) is 16.3 Å². The van der Waals surface area contributed by atoms with Crippen LogP contribution in [-0.4, -0.2) is 32.4 Å². The number of hydrogen-bond acceptors (Lipinski definition) is 3. The molecule has 0 bridgehead atoms. The molecule has 1 N–H and O–H groups in total. The lowest BCUT2D eigenvalue weighted by Crippen LogP contribution is -2.22. The number of anilines is 1. The Morgan fingerprint density at radius 1 is 1.50 bits per heavy atom. The van der Waals surface area contributed by atoms with Crippen LogP contribution in [0.25, 0.3) is 0 Å². The van der Waals surface area contributed by atoms with Crippen LogP contribution in [0.3, 0.4) is 0 Å². The molecular weight excluding hydrogens is 226 g/mol. The molecule has 0 aromatic heterocycles. The minimum atomic E-state index is -0.536. The van der Waals surface area contributed by atoms with Crippen molar-refractivity contribution in [3.8, 4) is 0 Å². The van der Waals surface area contributed by atoms with Crippen LogP contribution in [-0.2, 0) is 4.74 Å². The molecule has 1 atom stereocenters. The zero-order chi connectivity index (χ0) is 12.1. The van der Waals surface area contributed by atoms with E-state index in [2.05, 4.69) is 4.90 Å². The Morgan fingerprint density at radius 3 is 2.69 bits per heavy atom. The Kier molecular flexibility index (Phi) is 5.06. The molecular formula is C12H18ClNO2. The molecule has 3 nitrogen and oxygen atoms in total. The number of aliphatic hydroxyl groups is 1. The van der Waals surface area contributed by atoms with Crippen molar-refractivity contribution in [3.05, 3.63) is 28.8 Å². The molecule has 1 aromatic carbocycles. The van der Waals surface area contributed by atoms with Gasteiger partial charge in [0, 0.05) is 31.4 Å². The first-order chi connectivity index (χ1) is 7.56. The summed E-state index contributed by atoms with van der Waals surface area (Å²) in [5.41, 5.74) is 1.78. The van der Waals surface area contributed by atoms with Crippen LogP contribution in [0, 0.1) is 0 Å². The average Bonchev–Trinajstić information content (AvgIpc) is 2.25. The van der Waals surface area contributed by atoms with Crippen molar-refractivity contribution in [1.82, 2.24) is 0 Å². The van der Waals surface area contributed by atoms with E-state index < -0.39 is 6.10 Å². The van der Waals surface area contributed by atoms with Gasteiger partial charge in [0.1, 0.15) is 0 Å². The highest BCUT2D eigenvalue weighted by Crippen LogP contribution is 2.27. The molecule has 1 unspecified atom stereocenters. The molecule has 0 spiro atoms. The third kappa shape index (κ3) is 3.37. The van der Waals surface area contributed by atoms with Gasteiger partial charge in [0.15, 0.2) is 0 Å². The normalized spacial score (nSPS) is 12.6. The van der Waals surface area contributed by atoms with E-state index in [1.165, 1.54) is 0 Å². The van der Waals surface area contributed by atoms with Gasteiger partial charge in [-0.05, 0) is 24.6 Å².